The van der Waals surface area contributed by atoms with Crippen LogP contribution < -0.4 is 16.3 Å². The van der Waals surface area contributed by atoms with E-state index in [1.165, 1.54) is 10.7 Å². The number of halogens is 1. The molecule has 7 heteroatoms. The van der Waals surface area contributed by atoms with Crippen LogP contribution in [0.4, 0.5) is 10.1 Å². The van der Waals surface area contributed by atoms with Crippen molar-refractivity contribution in [1.29, 1.82) is 0 Å². The number of hydrogen-bond acceptors (Lipinski definition) is 3. The molecular weight excluding hydrogens is 315 g/mol. The van der Waals surface area contributed by atoms with Crippen molar-refractivity contribution < 1.29 is 4.39 Å². The molecule has 1 heterocycles. The Bertz CT molecular complexity index is 954. The molecular formula is C16H13FN4OS. The highest BCUT2D eigenvalue weighted by atomic mass is 32.1. The molecule has 3 rings (SSSR count). The second-order valence-electron chi connectivity index (χ2n) is 4.86. The molecule has 0 bridgehead atoms. The van der Waals surface area contributed by atoms with Gasteiger partial charge in [-0.05, 0) is 43.4 Å². The van der Waals surface area contributed by atoms with E-state index in [-0.39, 0.29) is 16.4 Å². The maximum Gasteiger partial charge on any atom is 0.280 e. The van der Waals surface area contributed by atoms with Crippen LogP contribution in [0.25, 0.3) is 10.9 Å². The summed E-state index contributed by atoms with van der Waals surface area (Å²) in [7, 11) is 0. The van der Waals surface area contributed by atoms with Crippen molar-refractivity contribution in [3.05, 3.63) is 70.5 Å². The molecule has 0 saturated carbocycles. The van der Waals surface area contributed by atoms with Crippen LogP contribution in [0.1, 0.15) is 5.82 Å². The predicted octanol–water partition coefficient (Wildman–Crippen LogP) is 2.78. The zero-order valence-corrected chi connectivity index (χ0v) is 13.0. The fourth-order valence-electron chi connectivity index (χ4n) is 2.19. The Balaban J connectivity index is 1.91. The van der Waals surface area contributed by atoms with E-state index in [9.17, 15) is 9.18 Å². The summed E-state index contributed by atoms with van der Waals surface area (Å²) in [5.41, 5.74) is 3.31. The second-order valence-corrected chi connectivity index (χ2v) is 5.27. The largest absolute Gasteiger partial charge is 0.329 e. The number of benzene rings is 2. The van der Waals surface area contributed by atoms with Crippen LogP contribution in [0.15, 0.2) is 53.3 Å². The van der Waals surface area contributed by atoms with Gasteiger partial charge in [0.1, 0.15) is 11.6 Å². The Morgan fingerprint density at radius 2 is 1.87 bits per heavy atom. The lowest BCUT2D eigenvalue weighted by molar-refractivity contribution is 0.632. The maximum atomic E-state index is 13.6. The molecule has 2 aromatic carbocycles. The number of fused-ring (bicyclic) bond motifs is 1. The number of anilines is 1. The highest BCUT2D eigenvalue weighted by Crippen LogP contribution is 2.12. The molecule has 0 amide bonds. The van der Waals surface area contributed by atoms with Crippen molar-refractivity contribution in [3.63, 3.8) is 0 Å². The summed E-state index contributed by atoms with van der Waals surface area (Å²) in [6.45, 7) is 1.69. The first kappa shape index (κ1) is 15.1. The number of thiocarbonyl (C=S) groups is 1. The molecule has 2 N–H and O–H groups in total. The van der Waals surface area contributed by atoms with E-state index in [0.29, 0.717) is 16.7 Å². The van der Waals surface area contributed by atoms with Gasteiger partial charge in [0.25, 0.3) is 5.56 Å². The van der Waals surface area contributed by atoms with E-state index in [1.54, 1.807) is 43.3 Å². The summed E-state index contributed by atoms with van der Waals surface area (Å²) in [6.07, 6.45) is 0. The van der Waals surface area contributed by atoms with Gasteiger partial charge in [-0.1, -0.05) is 24.3 Å². The first-order valence-electron chi connectivity index (χ1n) is 6.87. The predicted molar refractivity (Wildman–Crippen MR) is 92.7 cm³/mol. The van der Waals surface area contributed by atoms with Crippen LogP contribution in [0.3, 0.4) is 0 Å². The number of nitrogens with zero attached hydrogens (tertiary/aromatic N) is 2. The van der Waals surface area contributed by atoms with Gasteiger partial charge >= 0.3 is 0 Å². The van der Waals surface area contributed by atoms with Gasteiger partial charge in [-0.15, -0.1) is 0 Å². The number of aryl methyl sites for hydroxylation is 1. The average molecular weight is 328 g/mol. The molecule has 0 spiro atoms. The van der Waals surface area contributed by atoms with Gasteiger partial charge in [0, 0.05) is 0 Å². The minimum atomic E-state index is -0.433. The Labute approximate surface area is 136 Å². The fraction of sp³-hybridized carbons (Fsp3) is 0.0625. The molecule has 116 valence electrons. The molecule has 0 unspecified atom stereocenters. The maximum absolute atomic E-state index is 13.6. The summed E-state index contributed by atoms with van der Waals surface area (Å²) in [5, 5.41) is 3.29. The molecule has 0 aliphatic heterocycles. The third-order valence-corrected chi connectivity index (χ3v) is 3.47. The van der Waals surface area contributed by atoms with Gasteiger partial charge in [0.15, 0.2) is 5.11 Å². The van der Waals surface area contributed by atoms with Crippen molar-refractivity contribution >= 4 is 33.9 Å². The number of hydrogen-bond donors (Lipinski definition) is 2. The minimum absolute atomic E-state index is 0.0948. The van der Waals surface area contributed by atoms with Gasteiger partial charge in [-0.25, -0.2) is 14.1 Å². The van der Waals surface area contributed by atoms with Crippen LogP contribution in [-0.4, -0.2) is 14.8 Å². The van der Waals surface area contributed by atoms with Gasteiger partial charge in [0.2, 0.25) is 0 Å². The standard InChI is InChI=1S/C16H13FN4OS/c1-10-18-13-8-4-2-6-11(13)15(22)21(10)20-16(23)19-14-9-5-3-7-12(14)17/h2-9H,1H3,(H2,19,20,23). The van der Waals surface area contributed by atoms with E-state index < -0.39 is 5.82 Å². The Morgan fingerprint density at radius 3 is 2.65 bits per heavy atom. The van der Waals surface area contributed by atoms with Crippen molar-refractivity contribution in [2.45, 2.75) is 6.92 Å². The number of para-hydroxylation sites is 2. The Morgan fingerprint density at radius 1 is 1.17 bits per heavy atom. The highest BCUT2D eigenvalue weighted by Gasteiger charge is 2.09. The number of rotatable bonds is 2. The lowest BCUT2D eigenvalue weighted by Gasteiger charge is -2.15. The van der Waals surface area contributed by atoms with Gasteiger partial charge < -0.3 is 5.32 Å². The van der Waals surface area contributed by atoms with Crippen LogP contribution in [-0.2, 0) is 0 Å². The lowest BCUT2D eigenvalue weighted by Crippen LogP contribution is -2.37. The third kappa shape index (κ3) is 3.04. The summed E-state index contributed by atoms with van der Waals surface area (Å²) in [5.74, 6) is 0.0174. The topological polar surface area (TPSA) is 59.0 Å². The molecule has 3 aromatic rings. The molecule has 0 atom stereocenters. The van der Waals surface area contributed by atoms with Crippen LogP contribution in [0.5, 0.6) is 0 Å². The average Bonchev–Trinajstić information content (AvgIpc) is 2.54. The van der Waals surface area contributed by atoms with Crippen molar-refractivity contribution in [2.75, 3.05) is 10.7 Å². The Kier molecular flexibility index (Phi) is 4.03. The number of aromatic nitrogens is 2. The number of nitrogens with one attached hydrogen (secondary N) is 2. The van der Waals surface area contributed by atoms with Crippen LogP contribution in [0.2, 0.25) is 0 Å². The molecule has 0 radical (unpaired) electrons. The SMILES string of the molecule is Cc1nc2ccccc2c(=O)n1NC(=S)Nc1ccccc1F. The van der Waals surface area contributed by atoms with Crippen LogP contribution in [0, 0.1) is 12.7 Å². The molecule has 0 fully saturated rings. The summed E-state index contributed by atoms with van der Waals surface area (Å²) in [4.78, 5) is 16.9. The summed E-state index contributed by atoms with van der Waals surface area (Å²) >= 11 is 5.14. The molecule has 0 aliphatic carbocycles. The van der Waals surface area contributed by atoms with Gasteiger partial charge in [0.05, 0.1) is 16.6 Å². The quantitative estimate of drug-likeness (QED) is 0.709. The van der Waals surface area contributed by atoms with Crippen molar-refractivity contribution in [3.8, 4) is 0 Å². The van der Waals surface area contributed by atoms with E-state index in [4.69, 9.17) is 12.2 Å². The van der Waals surface area contributed by atoms with Gasteiger partial charge in [-0.3, -0.25) is 10.2 Å². The van der Waals surface area contributed by atoms with E-state index >= 15 is 0 Å². The second kappa shape index (κ2) is 6.13. The molecule has 23 heavy (non-hydrogen) atoms. The van der Waals surface area contributed by atoms with Crippen molar-refractivity contribution in [1.82, 2.24) is 9.66 Å². The monoisotopic (exact) mass is 328 g/mol. The molecule has 5 nitrogen and oxygen atoms in total. The zero-order valence-electron chi connectivity index (χ0n) is 12.2. The first-order valence-corrected chi connectivity index (χ1v) is 7.28. The molecule has 0 aliphatic rings. The zero-order chi connectivity index (χ0) is 16.4. The molecule has 0 saturated heterocycles. The van der Waals surface area contributed by atoms with Crippen LogP contribution >= 0.6 is 12.2 Å². The third-order valence-electron chi connectivity index (χ3n) is 3.28. The molecule has 1 aromatic heterocycles. The lowest BCUT2D eigenvalue weighted by atomic mass is 10.2. The van der Waals surface area contributed by atoms with E-state index in [2.05, 4.69) is 15.7 Å². The smallest absolute Gasteiger partial charge is 0.280 e. The summed E-state index contributed by atoms with van der Waals surface area (Å²) in [6, 6.07) is 13.2. The van der Waals surface area contributed by atoms with Crippen molar-refractivity contribution in [2.24, 2.45) is 0 Å². The normalized spacial score (nSPS) is 10.5. The Hall–Kier alpha value is -2.80. The van der Waals surface area contributed by atoms with E-state index in [1.807, 2.05) is 6.07 Å². The van der Waals surface area contributed by atoms with E-state index in [0.717, 1.165) is 0 Å². The van der Waals surface area contributed by atoms with Gasteiger partial charge in [-0.2, -0.15) is 0 Å². The fourth-order valence-corrected chi connectivity index (χ4v) is 2.39. The summed E-state index contributed by atoms with van der Waals surface area (Å²) < 4.78 is 14.9. The minimum Gasteiger partial charge on any atom is -0.329 e. The highest BCUT2D eigenvalue weighted by molar-refractivity contribution is 7.80. The first-order chi connectivity index (χ1) is 11.1.